The Bertz CT molecular complexity index is 363. The summed E-state index contributed by atoms with van der Waals surface area (Å²) in [4.78, 5) is 0. The van der Waals surface area contributed by atoms with Gasteiger partial charge in [0.2, 0.25) is 0 Å². The molecule has 17 heavy (non-hydrogen) atoms. The molecule has 0 aliphatic rings. The number of unbranched alkanes of at least 4 members (excludes halogenated alkanes) is 2. The number of thiocarbonyl (C=S) groups is 1. The van der Waals surface area contributed by atoms with Gasteiger partial charge in [0.25, 0.3) is 0 Å². The Morgan fingerprint density at radius 3 is 2.41 bits per heavy atom. The molecule has 0 atom stereocenters. The van der Waals surface area contributed by atoms with Gasteiger partial charge in [-0.2, -0.15) is 0 Å². The van der Waals surface area contributed by atoms with Crippen molar-refractivity contribution in [3.05, 3.63) is 28.2 Å². The molecule has 5 heteroatoms. The second kappa shape index (κ2) is 7.75. The zero-order valence-electron chi connectivity index (χ0n) is 9.72. The lowest BCUT2D eigenvalue weighted by Crippen LogP contribution is -2.29. The van der Waals surface area contributed by atoms with Gasteiger partial charge in [-0.1, -0.05) is 43.0 Å². The minimum atomic E-state index is 0.591. The van der Waals surface area contributed by atoms with Gasteiger partial charge in [-0.05, 0) is 36.8 Å². The van der Waals surface area contributed by atoms with E-state index in [0.717, 1.165) is 18.7 Å². The molecule has 0 saturated heterocycles. The Kier molecular flexibility index (Phi) is 6.63. The number of anilines is 1. The summed E-state index contributed by atoms with van der Waals surface area (Å²) in [5.41, 5.74) is 0.801. The molecule has 0 bridgehead atoms. The molecule has 1 rings (SSSR count). The summed E-state index contributed by atoms with van der Waals surface area (Å²) < 4.78 is 0. The molecule has 0 aliphatic carbocycles. The van der Waals surface area contributed by atoms with Crippen LogP contribution in [-0.4, -0.2) is 11.7 Å². The fourth-order valence-corrected chi connectivity index (χ4v) is 2.12. The summed E-state index contributed by atoms with van der Waals surface area (Å²) >= 11 is 16.9. The van der Waals surface area contributed by atoms with E-state index in [4.69, 9.17) is 35.4 Å². The average molecular weight is 291 g/mol. The minimum Gasteiger partial charge on any atom is -0.362 e. The zero-order chi connectivity index (χ0) is 12.7. The maximum Gasteiger partial charge on any atom is 0.170 e. The van der Waals surface area contributed by atoms with Crippen molar-refractivity contribution < 1.29 is 0 Å². The molecular formula is C12H16Cl2N2S. The second-order valence-corrected chi connectivity index (χ2v) is 5.03. The molecule has 0 aliphatic heterocycles. The Morgan fingerprint density at radius 1 is 1.18 bits per heavy atom. The fraction of sp³-hybridized carbons (Fsp3) is 0.417. The molecule has 94 valence electrons. The molecular weight excluding hydrogens is 275 g/mol. The third kappa shape index (κ3) is 6.10. The van der Waals surface area contributed by atoms with Crippen molar-refractivity contribution in [2.45, 2.75) is 26.2 Å². The molecule has 0 radical (unpaired) electrons. The van der Waals surface area contributed by atoms with E-state index in [1.54, 1.807) is 18.2 Å². The van der Waals surface area contributed by atoms with Crippen LogP contribution < -0.4 is 10.6 Å². The smallest absolute Gasteiger partial charge is 0.170 e. The molecule has 0 unspecified atom stereocenters. The van der Waals surface area contributed by atoms with Crippen LogP contribution in [-0.2, 0) is 0 Å². The van der Waals surface area contributed by atoms with Gasteiger partial charge in [0.05, 0.1) is 0 Å². The summed E-state index contributed by atoms with van der Waals surface area (Å²) in [7, 11) is 0. The van der Waals surface area contributed by atoms with E-state index in [0.29, 0.717) is 15.2 Å². The Morgan fingerprint density at radius 2 is 1.82 bits per heavy atom. The number of hydrogen-bond acceptors (Lipinski definition) is 1. The van der Waals surface area contributed by atoms with E-state index in [9.17, 15) is 0 Å². The summed E-state index contributed by atoms with van der Waals surface area (Å²) in [5, 5.41) is 7.97. The number of hydrogen-bond donors (Lipinski definition) is 2. The molecule has 2 nitrogen and oxygen atoms in total. The molecule has 0 amide bonds. The summed E-state index contributed by atoms with van der Waals surface area (Å²) in [6, 6.07) is 5.26. The maximum absolute atomic E-state index is 5.89. The highest BCUT2D eigenvalue weighted by molar-refractivity contribution is 7.80. The quantitative estimate of drug-likeness (QED) is 0.618. The zero-order valence-corrected chi connectivity index (χ0v) is 12.1. The summed E-state index contributed by atoms with van der Waals surface area (Å²) in [5.74, 6) is 0. The van der Waals surface area contributed by atoms with Crippen LogP contribution in [0, 0.1) is 0 Å². The second-order valence-electron chi connectivity index (χ2n) is 3.75. The molecule has 0 spiro atoms. The lowest BCUT2D eigenvalue weighted by molar-refractivity contribution is 0.698. The van der Waals surface area contributed by atoms with Crippen LogP contribution >= 0.6 is 35.4 Å². The highest BCUT2D eigenvalue weighted by Gasteiger charge is 2.00. The third-order valence-corrected chi connectivity index (χ3v) is 2.87. The highest BCUT2D eigenvalue weighted by Crippen LogP contribution is 2.22. The van der Waals surface area contributed by atoms with E-state index >= 15 is 0 Å². The number of rotatable bonds is 5. The Hall–Kier alpha value is -0.510. The minimum absolute atomic E-state index is 0.591. The summed E-state index contributed by atoms with van der Waals surface area (Å²) in [6.07, 6.45) is 3.53. The number of nitrogens with one attached hydrogen (secondary N) is 2. The topological polar surface area (TPSA) is 24.1 Å². The first-order valence-corrected chi connectivity index (χ1v) is 6.79. The average Bonchev–Trinajstić information content (AvgIpc) is 2.23. The van der Waals surface area contributed by atoms with Gasteiger partial charge in [0, 0.05) is 22.3 Å². The van der Waals surface area contributed by atoms with Gasteiger partial charge in [0.1, 0.15) is 0 Å². The fourth-order valence-electron chi connectivity index (χ4n) is 1.38. The van der Waals surface area contributed by atoms with Crippen LogP contribution in [0.1, 0.15) is 26.2 Å². The van der Waals surface area contributed by atoms with Gasteiger partial charge in [-0.3, -0.25) is 0 Å². The van der Waals surface area contributed by atoms with Crippen LogP contribution in [0.2, 0.25) is 10.0 Å². The first-order valence-electron chi connectivity index (χ1n) is 5.62. The molecule has 1 aromatic rings. The van der Waals surface area contributed by atoms with Gasteiger partial charge in [-0.15, -0.1) is 0 Å². The Labute approximate surface area is 118 Å². The van der Waals surface area contributed by atoms with Gasteiger partial charge < -0.3 is 10.6 Å². The molecule has 0 aromatic heterocycles. The van der Waals surface area contributed by atoms with E-state index in [-0.39, 0.29) is 0 Å². The number of benzene rings is 1. The third-order valence-electron chi connectivity index (χ3n) is 2.19. The summed E-state index contributed by atoms with van der Waals surface area (Å²) in [6.45, 7) is 3.05. The van der Waals surface area contributed by atoms with Crippen molar-refractivity contribution in [1.29, 1.82) is 0 Å². The van der Waals surface area contributed by atoms with Crippen molar-refractivity contribution in [1.82, 2.24) is 5.32 Å². The Balaban J connectivity index is 2.39. The van der Waals surface area contributed by atoms with E-state index in [2.05, 4.69) is 17.6 Å². The van der Waals surface area contributed by atoms with Crippen LogP contribution in [0.5, 0.6) is 0 Å². The lowest BCUT2D eigenvalue weighted by atomic mass is 10.2. The predicted octanol–water partition coefficient (Wildman–Crippen LogP) is 4.47. The largest absolute Gasteiger partial charge is 0.362 e. The van der Waals surface area contributed by atoms with Gasteiger partial charge in [0.15, 0.2) is 5.11 Å². The van der Waals surface area contributed by atoms with Gasteiger partial charge >= 0.3 is 0 Å². The SMILES string of the molecule is CCCCCNC(=S)Nc1cc(Cl)cc(Cl)c1. The van der Waals surface area contributed by atoms with Crippen LogP contribution in [0.15, 0.2) is 18.2 Å². The molecule has 0 heterocycles. The van der Waals surface area contributed by atoms with Crippen molar-refractivity contribution in [2.75, 3.05) is 11.9 Å². The maximum atomic E-state index is 5.89. The molecule has 1 aromatic carbocycles. The molecule has 0 fully saturated rings. The normalized spacial score (nSPS) is 10.1. The highest BCUT2D eigenvalue weighted by atomic mass is 35.5. The lowest BCUT2D eigenvalue weighted by Gasteiger charge is -2.10. The number of halogens is 2. The molecule has 0 saturated carbocycles. The van der Waals surface area contributed by atoms with Crippen LogP contribution in [0.4, 0.5) is 5.69 Å². The van der Waals surface area contributed by atoms with E-state index < -0.39 is 0 Å². The van der Waals surface area contributed by atoms with Crippen molar-refractivity contribution in [3.8, 4) is 0 Å². The van der Waals surface area contributed by atoms with Gasteiger partial charge in [-0.25, -0.2) is 0 Å². The standard InChI is InChI=1S/C12H16Cl2N2S/c1-2-3-4-5-15-12(17)16-11-7-9(13)6-10(14)8-11/h6-8H,2-5H2,1H3,(H2,15,16,17). The van der Waals surface area contributed by atoms with Crippen molar-refractivity contribution in [2.24, 2.45) is 0 Å². The van der Waals surface area contributed by atoms with Crippen LogP contribution in [0.3, 0.4) is 0 Å². The molecule has 2 N–H and O–H groups in total. The monoisotopic (exact) mass is 290 g/mol. The van der Waals surface area contributed by atoms with Crippen molar-refractivity contribution >= 4 is 46.2 Å². The van der Waals surface area contributed by atoms with E-state index in [1.807, 2.05) is 0 Å². The first kappa shape index (κ1) is 14.6. The van der Waals surface area contributed by atoms with E-state index in [1.165, 1.54) is 12.8 Å². The first-order chi connectivity index (χ1) is 8.11. The van der Waals surface area contributed by atoms with Crippen LogP contribution in [0.25, 0.3) is 0 Å². The predicted molar refractivity (Wildman–Crippen MR) is 80.2 cm³/mol. The van der Waals surface area contributed by atoms with Crippen molar-refractivity contribution in [3.63, 3.8) is 0 Å².